The number of rotatable bonds is 8. The van der Waals surface area contributed by atoms with Gasteiger partial charge in [0.2, 0.25) is 0 Å². The van der Waals surface area contributed by atoms with Crippen LogP contribution in [0.4, 0.5) is 0 Å². The molecule has 0 unspecified atom stereocenters. The predicted molar refractivity (Wildman–Crippen MR) is 273 cm³/mol. The van der Waals surface area contributed by atoms with Crippen molar-refractivity contribution < 1.29 is 20.8 Å². The van der Waals surface area contributed by atoms with Crippen molar-refractivity contribution in [2.45, 2.75) is 107 Å². The van der Waals surface area contributed by atoms with Gasteiger partial charge in [-0.1, -0.05) is 170 Å². The van der Waals surface area contributed by atoms with Crippen molar-refractivity contribution >= 4 is 58.5 Å². The molecule has 2 radical (unpaired) electrons. The molecule has 1 heterocycles. The Kier molecular flexibility index (Phi) is 17.1. The predicted octanol–water partition coefficient (Wildman–Crippen LogP) is 16.3. The van der Waals surface area contributed by atoms with Gasteiger partial charge in [-0.05, 0) is 63.5 Å². The van der Waals surface area contributed by atoms with Crippen molar-refractivity contribution in [2.24, 2.45) is 0 Å². The Hall–Kier alpha value is -3.78. The van der Waals surface area contributed by atoms with E-state index >= 15 is 0 Å². The van der Waals surface area contributed by atoms with E-state index in [0.717, 1.165) is 22.4 Å². The van der Waals surface area contributed by atoms with Crippen LogP contribution in [0.1, 0.15) is 111 Å². The first-order valence-corrected chi connectivity index (χ1v) is 29.6. The minimum atomic E-state index is -0.826. The summed E-state index contributed by atoms with van der Waals surface area (Å²) in [6, 6.07) is 50.8. The first-order valence-electron chi connectivity index (χ1n) is 22.3. The van der Waals surface area contributed by atoms with Crippen molar-refractivity contribution in [2.75, 3.05) is 0 Å². The zero-order valence-electron chi connectivity index (χ0n) is 38.4. The molecular formula is C58H61Cl2SiZr-3. The van der Waals surface area contributed by atoms with E-state index in [1.165, 1.54) is 123 Å². The Labute approximate surface area is 394 Å². The number of halogens is 2. The van der Waals surface area contributed by atoms with E-state index in [1.54, 1.807) is 0 Å². The van der Waals surface area contributed by atoms with Crippen LogP contribution < -0.4 is 10.4 Å². The molecule has 1 aliphatic heterocycles. The molecule has 0 amide bonds. The van der Waals surface area contributed by atoms with E-state index in [4.69, 9.17) is 17.0 Å². The zero-order valence-corrected chi connectivity index (χ0v) is 43.3. The molecule has 0 aliphatic carbocycles. The van der Waals surface area contributed by atoms with Crippen LogP contribution in [0.3, 0.4) is 0 Å². The fraction of sp³-hybridized carbons (Fsp3) is 0.276. The van der Waals surface area contributed by atoms with Crippen molar-refractivity contribution in [3.05, 3.63) is 178 Å². The summed E-state index contributed by atoms with van der Waals surface area (Å²) in [6.07, 6.45) is 4.73. The summed E-state index contributed by atoms with van der Waals surface area (Å²) < 4.78 is 0. The van der Waals surface area contributed by atoms with Crippen LogP contribution in [0.2, 0.25) is 0 Å². The van der Waals surface area contributed by atoms with Crippen LogP contribution in [0.5, 0.6) is 0 Å². The standard InChI is InChI=1S/2C23H27.C12H7Si.2ClH.Zr/c2*1-6-7-18-13-19-8-9-21(15(2)3)23(22(19)14-18)20-11-16(4)10-17(5)12-20;1-3-7-11-9(5-1)10-6-2-4-8-12(10)13-11;;;/h2*8-15H,6-7H2,1-5H3;1-7H;2*1H;/q3*-1;;;+2/p-2. The molecule has 4 heteroatoms. The van der Waals surface area contributed by atoms with Gasteiger partial charge in [0, 0.05) is 0 Å². The van der Waals surface area contributed by atoms with Gasteiger partial charge >= 0.3 is 37.9 Å². The molecule has 0 saturated heterocycles. The van der Waals surface area contributed by atoms with Gasteiger partial charge in [0.15, 0.2) is 0 Å². The summed E-state index contributed by atoms with van der Waals surface area (Å²) in [5, 5.41) is 8.43. The molecule has 8 aromatic rings. The molecule has 9 rings (SSSR count). The summed E-state index contributed by atoms with van der Waals surface area (Å²) in [5.74, 6) is 1.06. The fourth-order valence-electron chi connectivity index (χ4n) is 9.16. The van der Waals surface area contributed by atoms with Gasteiger partial charge in [-0.2, -0.15) is 41.6 Å². The van der Waals surface area contributed by atoms with E-state index in [2.05, 4.69) is 197 Å². The summed E-state index contributed by atoms with van der Waals surface area (Å²) in [5.41, 5.74) is 19.6. The Morgan fingerprint density at radius 1 is 0.565 bits per heavy atom. The molecule has 318 valence electrons. The first-order chi connectivity index (χ1) is 29.8. The zero-order chi connectivity index (χ0) is 44.5. The average molecular weight is 948 g/mol. The van der Waals surface area contributed by atoms with Crippen molar-refractivity contribution in [1.29, 1.82) is 0 Å². The summed E-state index contributed by atoms with van der Waals surface area (Å²) in [6.45, 7) is 22.5. The number of aryl methyl sites for hydroxylation is 6. The average Bonchev–Trinajstić information content (AvgIpc) is 3.95. The maximum atomic E-state index is 4.93. The molecular weight excluding hydrogens is 887 g/mol. The Bertz CT molecular complexity index is 2520. The molecule has 0 aromatic heterocycles. The van der Waals surface area contributed by atoms with Crippen molar-refractivity contribution in [3.63, 3.8) is 0 Å². The molecule has 8 aromatic carbocycles. The second-order valence-corrected chi connectivity index (χ2v) is 22.6. The molecule has 0 atom stereocenters. The van der Waals surface area contributed by atoms with Crippen molar-refractivity contribution in [1.82, 2.24) is 0 Å². The molecule has 0 fully saturated rings. The third-order valence-electron chi connectivity index (χ3n) is 11.6. The van der Waals surface area contributed by atoms with Gasteiger partial charge in [0.1, 0.15) is 0 Å². The van der Waals surface area contributed by atoms with Gasteiger partial charge in [0.05, 0.1) is 9.52 Å². The third kappa shape index (κ3) is 11.5. The molecule has 0 bridgehead atoms. The SMILES string of the molecule is CCCc1cc2c(-c3cc(C)cc(C)c3)c(C(C)C)ccc2[cH-]1.CCCc1cc2c(-c3cc(C)cc(C)c3)c(C(C)C)ccc2[cH-]1.[Cl][Zr][Cl].[c-]1cccc2c1[Si]c1ccccc1-2. The fourth-order valence-corrected chi connectivity index (χ4v) is 10.5. The summed E-state index contributed by atoms with van der Waals surface area (Å²) in [4.78, 5) is 0. The third-order valence-corrected chi connectivity index (χ3v) is 13.0. The summed E-state index contributed by atoms with van der Waals surface area (Å²) in [7, 11) is 10.7. The molecule has 0 saturated carbocycles. The van der Waals surface area contributed by atoms with Gasteiger partial charge < -0.3 is 0 Å². The minimum Gasteiger partial charge on any atom is -0.184 e. The van der Waals surface area contributed by atoms with E-state index in [0.29, 0.717) is 11.8 Å². The smallest absolute Gasteiger partial charge is 0.0920 e. The van der Waals surface area contributed by atoms with Crippen LogP contribution in [-0.2, 0) is 33.7 Å². The van der Waals surface area contributed by atoms with Gasteiger partial charge in [-0.15, -0.1) is 74.6 Å². The monoisotopic (exact) mass is 945 g/mol. The molecule has 62 heavy (non-hydrogen) atoms. The van der Waals surface area contributed by atoms with Crippen molar-refractivity contribution in [3.8, 4) is 33.4 Å². The second-order valence-electron chi connectivity index (χ2n) is 17.6. The Morgan fingerprint density at radius 2 is 1.00 bits per heavy atom. The topological polar surface area (TPSA) is 0 Å². The van der Waals surface area contributed by atoms with Crippen LogP contribution in [0, 0.1) is 33.8 Å². The normalized spacial score (nSPS) is 11.4. The maximum absolute atomic E-state index is 4.93. The Balaban J connectivity index is 0.000000155. The van der Waals surface area contributed by atoms with Crippen LogP contribution >= 0.6 is 17.0 Å². The molecule has 0 spiro atoms. The molecule has 0 nitrogen and oxygen atoms in total. The molecule has 0 N–H and O–H groups in total. The Morgan fingerprint density at radius 3 is 1.44 bits per heavy atom. The largest absolute Gasteiger partial charge is 0.184 e. The minimum absolute atomic E-state index is 0.528. The maximum Gasteiger partial charge on any atom is 0.0920 e. The number of fused-ring (bicyclic) bond motifs is 5. The molecule has 1 aliphatic rings. The summed E-state index contributed by atoms with van der Waals surface area (Å²) >= 11 is -0.826. The second kappa shape index (κ2) is 22.2. The van der Waals surface area contributed by atoms with Crippen LogP contribution in [0.15, 0.2) is 127 Å². The number of benzene rings is 6. The van der Waals surface area contributed by atoms with Crippen LogP contribution in [0.25, 0.3) is 54.9 Å². The van der Waals surface area contributed by atoms with Crippen LogP contribution in [-0.4, -0.2) is 9.52 Å². The van der Waals surface area contributed by atoms with E-state index < -0.39 is 20.8 Å². The van der Waals surface area contributed by atoms with E-state index in [-0.39, 0.29) is 0 Å². The number of hydrogen-bond acceptors (Lipinski definition) is 0. The number of hydrogen-bond donors (Lipinski definition) is 0. The van der Waals surface area contributed by atoms with E-state index in [9.17, 15) is 0 Å². The van der Waals surface area contributed by atoms with E-state index in [1.807, 2.05) is 6.07 Å². The van der Waals surface area contributed by atoms with Gasteiger partial charge in [-0.3, -0.25) is 0 Å². The van der Waals surface area contributed by atoms with Gasteiger partial charge in [-0.25, -0.2) is 0 Å². The quantitative estimate of drug-likeness (QED) is 0.105. The van der Waals surface area contributed by atoms with Gasteiger partial charge in [0.25, 0.3) is 0 Å². The first kappa shape index (κ1) is 47.7.